The monoisotopic (exact) mass is 224 g/mol. The van der Waals surface area contributed by atoms with Crippen molar-refractivity contribution in [1.29, 1.82) is 0 Å². The molecule has 0 radical (unpaired) electrons. The van der Waals surface area contributed by atoms with Gasteiger partial charge in [-0.3, -0.25) is 4.79 Å². The normalized spacial score (nSPS) is 26.9. The quantitative estimate of drug-likeness (QED) is 0.790. The zero-order chi connectivity index (χ0) is 11.4. The van der Waals surface area contributed by atoms with Crippen molar-refractivity contribution in [2.24, 2.45) is 11.8 Å². The maximum absolute atomic E-state index is 12.2. The number of carbonyl (C=O) groups excluding carboxylic acids is 1. The molecule has 1 N–H and O–H groups in total. The highest BCUT2D eigenvalue weighted by atomic mass is 16.2. The van der Waals surface area contributed by atoms with Crippen molar-refractivity contribution >= 4 is 5.91 Å². The zero-order valence-corrected chi connectivity index (χ0v) is 10.4. The van der Waals surface area contributed by atoms with Crippen LogP contribution in [0.2, 0.25) is 0 Å². The molecule has 1 amide bonds. The third-order valence-corrected chi connectivity index (χ3v) is 4.03. The lowest BCUT2D eigenvalue weighted by Gasteiger charge is -2.28. The summed E-state index contributed by atoms with van der Waals surface area (Å²) in [4.78, 5) is 14.2. The molecule has 1 atom stereocenters. The fourth-order valence-electron chi connectivity index (χ4n) is 3.04. The number of piperidine rings is 1. The van der Waals surface area contributed by atoms with Gasteiger partial charge in [0, 0.05) is 20.1 Å². The van der Waals surface area contributed by atoms with Crippen molar-refractivity contribution in [3.05, 3.63) is 0 Å². The number of amides is 1. The van der Waals surface area contributed by atoms with Gasteiger partial charge in [0.05, 0.1) is 5.92 Å². The van der Waals surface area contributed by atoms with E-state index in [0.29, 0.717) is 5.91 Å². The lowest BCUT2D eigenvalue weighted by Crippen LogP contribution is -2.42. The highest BCUT2D eigenvalue weighted by Gasteiger charge is 2.26. The van der Waals surface area contributed by atoms with Crippen LogP contribution >= 0.6 is 0 Å². The molecule has 3 heteroatoms. The van der Waals surface area contributed by atoms with Crippen LogP contribution in [-0.4, -0.2) is 37.5 Å². The van der Waals surface area contributed by atoms with Gasteiger partial charge in [-0.15, -0.1) is 0 Å². The van der Waals surface area contributed by atoms with Gasteiger partial charge in [0.2, 0.25) is 5.91 Å². The van der Waals surface area contributed by atoms with E-state index in [2.05, 4.69) is 5.32 Å². The Balaban J connectivity index is 1.78. The summed E-state index contributed by atoms with van der Waals surface area (Å²) in [7, 11) is 1.98. The molecule has 1 saturated heterocycles. The number of hydrogen-bond acceptors (Lipinski definition) is 2. The third kappa shape index (κ3) is 2.97. The van der Waals surface area contributed by atoms with Gasteiger partial charge < -0.3 is 10.2 Å². The third-order valence-electron chi connectivity index (χ3n) is 4.03. The average molecular weight is 224 g/mol. The Hall–Kier alpha value is -0.570. The average Bonchev–Trinajstić information content (AvgIpc) is 2.82. The van der Waals surface area contributed by atoms with E-state index in [1.165, 1.54) is 25.7 Å². The van der Waals surface area contributed by atoms with E-state index in [9.17, 15) is 4.79 Å². The molecule has 0 unspecified atom stereocenters. The summed E-state index contributed by atoms with van der Waals surface area (Å²) in [6, 6.07) is 0. The predicted octanol–water partition coefficient (Wildman–Crippen LogP) is 1.63. The molecular formula is C13H24N2O. The van der Waals surface area contributed by atoms with Gasteiger partial charge in [-0.1, -0.05) is 12.8 Å². The SMILES string of the molecule is CN(CC1CCCC1)C(=O)[C@@H]1CCCNC1. The molecule has 1 heterocycles. The standard InChI is InChI=1S/C13H24N2O/c1-15(10-11-5-2-3-6-11)13(16)12-7-4-8-14-9-12/h11-12,14H,2-10H2,1H3/t12-/m1/s1. The van der Waals surface area contributed by atoms with E-state index in [4.69, 9.17) is 0 Å². The van der Waals surface area contributed by atoms with Crippen molar-refractivity contribution in [3.63, 3.8) is 0 Å². The second-order valence-corrected chi connectivity index (χ2v) is 5.41. The molecule has 92 valence electrons. The molecule has 2 fully saturated rings. The van der Waals surface area contributed by atoms with Crippen molar-refractivity contribution in [2.45, 2.75) is 38.5 Å². The summed E-state index contributed by atoms with van der Waals surface area (Å²) in [5.41, 5.74) is 0. The molecule has 0 spiro atoms. The van der Waals surface area contributed by atoms with Crippen LogP contribution in [0.4, 0.5) is 0 Å². The molecule has 3 nitrogen and oxygen atoms in total. The molecule has 2 aliphatic rings. The maximum atomic E-state index is 12.2. The highest BCUT2D eigenvalue weighted by Crippen LogP contribution is 2.25. The van der Waals surface area contributed by atoms with Gasteiger partial charge in [0.15, 0.2) is 0 Å². The van der Waals surface area contributed by atoms with E-state index >= 15 is 0 Å². The lowest BCUT2D eigenvalue weighted by atomic mass is 9.97. The minimum atomic E-state index is 0.236. The summed E-state index contributed by atoms with van der Waals surface area (Å²) >= 11 is 0. The number of carbonyl (C=O) groups is 1. The number of rotatable bonds is 3. The number of hydrogen-bond donors (Lipinski definition) is 1. The Morgan fingerprint density at radius 1 is 1.25 bits per heavy atom. The second kappa shape index (κ2) is 5.67. The van der Waals surface area contributed by atoms with Gasteiger partial charge in [0.1, 0.15) is 0 Å². The fraction of sp³-hybridized carbons (Fsp3) is 0.923. The number of nitrogens with one attached hydrogen (secondary N) is 1. The molecule has 0 bridgehead atoms. The predicted molar refractivity (Wildman–Crippen MR) is 65.2 cm³/mol. The molecule has 0 aromatic carbocycles. The van der Waals surface area contributed by atoms with E-state index in [1.54, 1.807) is 0 Å². The van der Waals surface area contributed by atoms with E-state index < -0.39 is 0 Å². The summed E-state index contributed by atoms with van der Waals surface area (Å²) in [5, 5.41) is 3.32. The summed E-state index contributed by atoms with van der Waals surface area (Å²) < 4.78 is 0. The first-order valence-electron chi connectivity index (χ1n) is 6.73. The van der Waals surface area contributed by atoms with Gasteiger partial charge in [-0.05, 0) is 38.1 Å². The van der Waals surface area contributed by atoms with Gasteiger partial charge in [0.25, 0.3) is 0 Å². The number of nitrogens with zero attached hydrogens (tertiary/aromatic N) is 1. The molecule has 2 rings (SSSR count). The second-order valence-electron chi connectivity index (χ2n) is 5.41. The summed E-state index contributed by atoms with van der Waals surface area (Å²) in [5.74, 6) is 1.37. The van der Waals surface area contributed by atoms with Crippen LogP contribution in [-0.2, 0) is 4.79 Å². The molecule has 0 aromatic heterocycles. The summed E-state index contributed by atoms with van der Waals surface area (Å²) in [6.07, 6.45) is 7.57. The fourth-order valence-corrected chi connectivity index (χ4v) is 3.04. The Morgan fingerprint density at radius 2 is 2.00 bits per heavy atom. The first-order chi connectivity index (χ1) is 7.77. The molecule has 0 aromatic rings. The summed E-state index contributed by atoms with van der Waals surface area (Å²) in [6.45, 7) is 2.94. The molecule has 1 aliphatic heterocycles. The first-order valence-corrected chi connectivity index (χ1v) is 6.73. The highest BCUT2D eigenvalue weighted by molar-refractivity contribution is 5.78. The van der Waals surface area contributed by atoms with Crippen LogP contribution in [0.25, 0.3) is 0 Å². The largest absolute Gasteiger partial charge is 0.345 e. The first kappa shape index (κ1) is 11.9. The smallest absolute Gasteiger partial charge is 0.226 e. The van der Waals surface area contributed by atoms with Gasteiger partial charge in [-0.25, -0.2) is 0 Å². The van der Waals surface area contributed by atoms with Crippen LogP contribution < -0.4 is 5.32 Å². The Labute approximate surface area is 98.6 Å². The van der Waals surface area contributed by atoms with Crippen LogP contribution in [0.5, 0.6) is 0 Å². The Morgan fingerprint density at radius 3 is 2.62 bits per heavy atom. The van der Waals surface area contributed by atoms with Crippen LogP contribution in [0, 0.1) is 11.8 Å². The molecule has 16 heavy (non-hydrogen) atoms. The van der Waals surface area contributed by atoms with E-state index in [-0.39, 0.29) is 5.92 Å². The Kier molecular flexibility index (Phi) is 4.22. The van der Waals surface area contributed by atoms with Crippen molar-refractivity contribution in [1.82, 2.24) is 10.2 Å². The van der Waals surface area contributed by atoms with E-state index in [0.717, 1.165) is 38.4 Å². The zero-order valence-electron chi connectivity index (χ0n) is 10.4. The lowest BCUT2D eigenvalue weighted by molar-refractivity contribution is -0.135. The molecule has 1 aliphatic carbocycles. The van der Waals surface area contributed by atoms with Gasteiger partial charge in [-0.2, -0.15) is 0 Å². The molecule has 1 saturated carbocycles. The maximum Gasteiger partial charge on any atom is 0.226 e. The topological polar surface area (TPSA) is 32.3 Å². The van der Waals surface area contributed by atoms with E-state index in [1.807, 2.05) is 11.9 Å². The minimum Gasteiger partial charge on any atom is -0.345 e. The van der Waals surface area contributed by atoms with Crippen LogP contribution in [0.3, 0.4) is 0 Å². The van der Waals surface area contributed by atoms with Crippen molar-refractivity contribution in [2.75, 3.05) is 26.7 Å². The van der Waals surface area contributed by atoms with Crippen LogP contribution in [0.15, 0.2) is 0 Å². The van der Waals surface area contributed by atoms with Crippen LogP contribution in [0.1, 0.15) is 38.5 Å². The minimum absolute atomic E-state index is 0.236. The van der Waals surface area contributed by atoms with Gasteiger partial charge >= 0.3 is 0 Å². The Bertz CT molecular complexity index is 230. The van der Waals surface area contributed by atoms with Crippen molar-refractivity contribution < 1.29 is 4.79 Å². The van der Waals surface area contributed by atoms with Crippen molar-refractivity contribution in [3.8, 4) is 0 Å². The molecular weight excluding hydrogens is 200 g/mol.